The molecule has 0 radical (unpaired) electrons. The lowest BCUT2D eigenvalue weighted by atomic mass is 9.87. The molecule has 4 aromatic rings. The van der Waals surface area contributed by atoms with Crippen LogP contribution in [0.25, 0.3) is 33.4 Å². The van der Waals surface area contributed by atoms with E-state index in [0.29, 0.717) is 29.3 Å². The summed E-state index contributed by atoms with van der Waals surface area (Å²) in [7, 11) is 0. The Morgan fingerprint density at radius 2 is 1.83 bits per heavy atom. The summed E-state index contributed by atoms with van der Waals surface area (Å²) >= 11 is 0. The molecular formula is C22H22N6O. The van der Waals surface area contributed by atoms with Crippen molar-refractivity contribution in [3.63, 3.8) is 0 Å². The number of phenolic OH excluding ortho intramolecular Hbond substituents is 1. The number of aromatic hydroxyl groups is 1. The van der Waals surface area contributed by atoms with Gasteiger partial charge >= 0.3 is 0 Å². The summed E-state index contributed by atoms with van der Waals surface area (Å²) in [5, 5.41) is 30.0. The van der Waals surface area contributed by atoms with Crippen molar-refractivity contribution in [2.24, 2.45) is 0 Å². The average Bonchev–Trinajstić information content (AvgIpc) is 3.47. The maximum absolute atomic E-state index is 10.6. The normalized spacial score (nSPS) is 23.7. The Morgan fingerprint density at radius 1 is 0.966 bits per heavy atom. The highest BCUT2D eigenvalue weighted by molar-refractivity contribution is 5.84. The van der Waals surface area contributed by atoms with Gasteiger partial charge in [-0.15, -0.1) is 10.2 Å². The standard InChI is InChI=1S/C22H22N6O/c29-21-7-12(14-9-24-25-10-14)1-4-17(21)19-8-20-22(28-27-19)18(11-23-20)13-5-15-2-3-16(6-13)26-15/h1,4,7-11,13,15-16,23,26,29H,2-3,5-6H2,(H,24,25). The van der Waals surface area contributed by atoms with Gasteiger partial charge in [-0.1, -0.05) is 6.07 Å². The number of aromatic amines is 2. The summed E-state index contributed by atoms with van der Waals surface area (Å²) in [4.78, 5) is 3.38. The van der Waals surface area contributed by atoms with E-state index < -0.39 is 0 Å². The monoisotopic (exact) mass is 386 g/mol. The van der Waals surface area contributed by atoms with Crippen LogP contribution in [0.3, 0.4) is 0 Å². The van der Waals surface area contributed by atoms with Crippen LogP contribution in [-0.4, -0.2) is 42.6 Å². The lowest BCUT2D eigenvalue weighted by molar-refractivity contribution is 0.364. The molecule has 7 nitrogen and oxygen atoms in total. The van der Waals surface area contributed by atoms with Crippen LogP contribution in [0.2, 0.25) is 0 Å². The predicted octanol–water partition coefficient (Wildman–Crippen LogP) is 3.72. The van der Waals surface area contributed by atoms with E-state index in [-0.39, 0.29) is 5.75 Å². The first-order valence-electron chi connectivity index (χ1n) is 10.2. The molecule has 146 valence electrons. The fourth-order valence-corrected chi connectivity index (χ4v) is 5.03. The van der Waals surface area contributed by atoms with Crippen molar-refractivity contribution >= 4 is 11.0 Å². The van der Waals surface area contributed by atoms with Gasteiger partial charge in [0.2, 0.25) is 0 Å². The molecule has 4 N–H and O–H groups in total. The molecule has 0 amide bonds. The highest BCUT2D eigenvalue weighted by atomic mass is 16.3. The van der Waals surface area contributed by atoms with Crippen LogP contribution in [0.5, 0.6) is 5.75 Å². The molecule has 2 aliphatic heterocycles. The molecule has 2 aliphatic rings. The fourth-order valence-electron chi connectivity index (χ4n) is 5.03. The van der Waals surface area contributed by atoms with E-state index in [4.69, 9.17) is 0 Å². The summed E-state index contributed by atoms with van der Waals surface area (Å²) in [5.74, 6) is 0.712. The van der Waals surface area contributed by atoms with E-state index in [1.54, 1.807) is 18.5 Å². The minimum atomic E-state index is 0.180. The van der Waals surface area contributed by atoms with Gasteiger partial charge in [-0.25, -0.2) is 0 Å². The number of nitrogens with one attached hydrogen (secondary N) is 3. The van der Waals surface area contributed by atoms with Crippen molar-refractivity contribution in [3.8, 4) is 28.1 Å². The number of fused-ring (bicyclic) bond motifs is 3. The second-order valence-corrected chi connectivity index (χ2v) is 8.26. The van der Waals surface area contributed by atoms with Crippen LogP contribution in [-0.2, 0) is 0 Å². The number of benzene rings is 1. The average molecular weight is 386 g/mol. The zero-order valence-corrected chi connectivity index (χ0v) is 15.9. The number of hydrogen-bond donors (Lipinski definition) is 4. The van der Waals surface area contributed by atoms with Crippen molar-refractivity contribution in [1.29, 1.82) is 0 Å². The van der Waals surface area contributed by atoms with Crippen molar-refractivity contribution in [2.45, 2.75) is 43.7 Å². The number of rotatable bonds is 3. The van der Waals surface area contributed by atoms with Gasteiger partial charge in [-0.2, -0.15) is 5.10 Å². The summed E-state index contributed by atoms with van der Waals surface area (Å²) in [5.41, 5.74) is 6.35. The first-order valence-corrected chi connectivity index (χ1v) is 10.2. The summed E-state index contributed by atoms with van der Waals surface area (Å²) in [6.07, 6.45) is 10.5. The summed E-state index contributed by atoms with van der Waals surface area (Å²) < 4.78 is 0. The zero-order chi connectivity index (χ0) is 19.4. The molecule has 1 aromatic carbocycles. The van der Waals surface area contributed by atoms with Crippen molar-refractivity contribution < 1.29 is 5.11 Å². The van der Waals surface area contributed by atoms with E-state index in [2.05, 4.69) is 36.9 Å². The van der Waals surface area contributed by atoms with E-state index in [9.17, 15) is 5.11 Å². The third-order valence-electron chi connectivity index (χ3n) is 6.47. The lowest BCUT2D eigenvalue weighted by Gasteiger charge is -2.28. The van der Waals surface area contributed by atoms with Gasteiger partial charge in [-0.3, -0.25) is 5.10 Å². The minimum Gasteiger partial charge on any atom is -0.507 e. The third-order valence-corrected chi connectivity index (χ3v) is 6.47. The number of phenols is 1. The largest absolute Gasteiger partial charge is 0.507 e. The second-order valence-electron chi connectivity index (χ2n) is 8.26. The predicted molar refractivity (Wildman–Crippen MR) is 110 cm³/mol. The van der Waals surface area contributed by atoms with Gasteiger partial charge in [0, 0.05) is 41.2 Å². The van der Waals surface area contributed by atoms with Crippen LogP contribution in [0.1, 0.15) is 37.2 Å². The Kier molecular flexibility index (Phi) is 3.70. The van der Waals surface area contributed by atoms with E-state index in [0.717, 1.165) is 22.2 Å². The second kappa shape index (κ2) is 6.42. The first-order chi connectivity index (χ1) is 14.2. The van der Waals surface area contributed by atoms with Gasteiger partial charge < -0.3 is 15.4 Å². The Bertz CT molecular complexity index is 1170. The molecule has 0 saturated carbocycles. The van der Waals surface area contributed by atoms with Crippen molar-refractivity contribution in [3.05, 3.63) is 48.4 Å². The molecule has 2 fully saturated rings. The van der Waals surface area contributed by atoms with Gasteiger partial charge in [0.15, 0.2) is 0 Å². The number of aromatic nitrogens is 5. The maximum atomic E-state index is 10.6. The highest BCUT2D eigenvalue weighted by Gasteiger charge is 2.35. The quantitative estimate of drug-likeness (QED) is 0.430. The zero-order valence-electron chi connectivity index (χ0n) is 15.9. The van der Waals surface area contributed by atoms with E-state index in [1.165, 1.54) is 31.2 Å². The topological polar surface area (TPSA) is 103 Å². The molecule has 3 aromatic heterocycles. The molecule has 2 atom stereocenters. The van der Waals surface area contributed by atoms with Crippen LogP contribution < -0.4 is 5.32 Å². The SMILES string of the molecule is Oc1cc(-c2cn[nH]c2)ccc1-c1cc2[nH]cc(C3CC4CCC(C3)N4)c2nn1. The molecular weight excluding hydrogens is 364 g/mol. The molecule has 29 heavy (non-hydrogen) atoms. The fraction of sp³-hybridized carbons (Fsp3) is 0.318. The van der Waals surface area contributed by atoms with E-state index >= 15 is 0 Å². The van der Waals surface area contributed by atoms with Crippen LogP contribution >= 0.6 is 0 Å². The molecule has 0 spiro atoms. The van der Waals surface area contributed by atoms with Gasteiger partial charge in [0.05, 0.1) is 17.4 Å². The molecule has 2 bridgehead atoms. The summed E-state index contributed by atoms with van der Waals surface area (Å²) in [6.45, 7) is 0. The smallest absolute Gasteiger partial charge is 0.125 e. The number of piperidine rings is 1. The molecule has 2 saturated heterocycles. The van der Waals surface area contributed by atoms with E-state index in [1.807, 2.05) is 18.2 Å². The maximum Gasteiger partial charge on any atom is 0.125 e. The van der Waals surface area contributed by atoms with Crippen LogP contribution in [0.4, 0.5) is 0 Å². The Balaban J connectivity index is 1.34. The number of H-pyrrole nitrogens is 2. The van der Waals surface area contributed by atoms with Crippen molar-refractivity contribution in [1.82, 2.24) is 30.7 Å². The molecule has 2 unspecified atom stereocenters. The van der Waals surface area contributed by atoms with Gasteiger partial charge in [0.25, 0.3) is 0 Å². The summed E-state index contributed by atoms with van der Waals surface area (Å²) in [6, 6.07) is 8.83. The van der Waals surface area contributed by atoms with Crippen LogP contribution in [0, 0.1) is 0 Å². The Morgan fingerprint density at radius 3 is 2.59 bits per heavy atom. The molecule has 6 rings (SSSR count). The van der Waals surface area contributed by atoms with Crippen molar-refractivity contribution in [2.75, 3.05) is 0 Å². The number of hydrogen-bond acceptors (Lipinski definition) is 5. The number of nitrogens with zero attached hydrogens (tertiary/aromatic N) is 3. The Hall–Kier alpha value is -3.19. The lowest BCUT2D eigenvalue weighted by Crippen LogP contribution is -2.37. The van der Waals surface area contributed by atoms with Gasteiger partial charge in [-0.05, 0) is 55.4 Å². The third kappa shape index (κ3) is 2.81. The molecule has 5 heterocycles. The first kappa shape index (κ1) is 16.7. The minimum absolute atomic E-state index is 0.180. The van der Waals surface area contributed by atoms with Gasteiger partial charge in [0.1, 0.15) is 11.3 Å². The molecule has 7 heteroatoms. The highest BCUT2D eigenvalue weighted by Crippen LogP contribution is 2.40. The molecule has 0 aliphatic carbocycles. The Labute approximate surface area is 167 Å². The van der Waals surface area contributed by atoms with Crippen LogP contribution in [0.15, 0.2) is 42.9 Å².